The van der Waals surface area contributed by atoms with Crippen LogP contribution in [-0.2, 0) is 9.59 Å². The second-order valence-corrected chi connectivity index (χ2v) is 5.47. The van der Waals surface area contributed by atoms with Gasteiger partial charge in [-0.3, -0.25) is 20.4 Å². The van der Waals surface area contributed by atoms with E-state index in [0.717, 1.165) is 12.8 Å². The average Bonchev–Trinajstić information content (AvgIpc) is 3.19. The number of nitrogens with one attached hydrogen (secondary N) is 2. The second-order valence-electron chi connectivity index (χ2n) is 4.18. The Labute approximate surface area is 123 Å². The van der Waals surface area contributed by atoms with E-state index in [9.17, 15) is 9.59 Å². The van der Waals surface area contributed by atoms with E-state index < -0.39 is 5.91 Å². The molecule has 0 atom stereocenters. The number of hydrogen-bond acceptors (Lipinski definition) is 3. The Morgan fingerprint density at radius 1 is 1.37 bits per heavy atom. The fourth-order valence-electron chi connectivity index (χ4n) is 1.35. The Morgan fingerprint density at radius 3 is 2.74 bits per heavy atom. The molecule has 2 rings (SSSR count). The van der Waals surface area contributed by atoms with Gasteiger partial charge in [0.1, 0.15) is 5.75 Å². The van der Waals surface area contributed by atoms with E-state index in [2.05, 4.69) is 26.8 Å². The molecule has 1 aliphatic rings. The Balaban J connectivity index is 1.74. The lowest BCUT2D eigenvalue weighted by Gasteiger charge is -2.09. The highest BCUT2D eigenvalue weighted by Crippen LogP contribution is 2.28. The topological polar surface area (TPSA) is 67.4 Å². The molecule has 1 aromatic carbocycles. The summed E-state index contributed by atoms with van der Waals surface area (Å²) in [5, 5.41) is 0.570. The lowest BCUT2D eigenvalue weighted by Crippen LogP contribution is -2.44. The van der Waals surface area contributed by atoms with Crippen LogP contribution in [0, 0.1) is 5.92 Å². The lowest BCUT2D eigenvalue weighted by atomic mass is 10.3. The van der Waals surface area contributed by atoms with Crippen molar-refractivity contribution in [3.05, 3.63) is 27.7 Å². The van der Waals surface area contributed by atoms with E-state index in [1.807, 2.05) is 0 Å². The number of halogens is 2. The maximum Gasteiger partial charge on any atom is 0.276 e. The first-order valence-electron chi connectivity index (χ1n) is 5.73. The van der Waals surface area contributed by atoms with Crippen molar-refractivity contribution in [3.8, 4) is 5.75 Å². The number of benzene rings is 1. The van der Waals surface area contributed by atoms with Crippen molar-refractivity contribution in [3.63, 3.8) is 0 Å². The predicted octanol–water partition coefficient (Wildman–Crippen LogP) is 2.04. The summed E-state index contributed by atoms with van der Waals surface area (Å²) in [6.45, 7) is -0.189. The summed E-state index contributed by atoms with van der Waals surface area (Å²) in [6, 6.07) is 4.99. The molecule has 2 amide bonds. The van der Waals surface area contributed by atoms with Gasteiger partial charge in [0.25, 0.3) is 5.91 Å². The molecule has 19 heavy (non-hydrogen) atoms. The molecule has 2 N–H and O–H groups in total. The molecule has 7 heteroatoms. The van der Waals surface area contributed by atoms with Crippen molar-refractivity contribution >= 4 is 39.3 Å². The fourth-order valence-corrected chi connectivity index (χ4v) is 2.15. The van der Waals surface area contributed by atoms with Crippen LogP contribution >= 0.6 is 27.5 Å². The zero-order valence-corrected chi connectivity index (χ0v) is 12.3. The highest BCUT2D eigenvalue weighted by atomic mass is 79.9. The van der Waals surface area contributed by atoms with Gasteiger partial charge in [-0.25, -0.2) is 0 Å². The molecule has 1 aliphatic carbocycles. The van der Waals surface area contributed by atoms with Crippen molar-refractivity contribution in [2.24, 2.45) is 5.92 Å². The van der Waals surface area contributed by atoms with Crippen LogP contribution < -0.4 is 15.6 Å². The predicted molar refractivity (Wildman–Crippen MR) is 73.7 cm³/mol. The number of amides is 2. The Hall–Kier alpha value is -1.27. The molecule has 0 heterocycles. The lowest BCUT2D eigenvalue weighted by molar-refractivity contribution is -0.130. The number of carbonyl (C=O) groups is 2. The number of ether oxygens (including phenoxy) is 1. The summed E-state index contributed by atoms with van der Waals surface area (Å²) >= 11 is 9.06. The molecule has 0 aliphatic heterocycles. The fraction of sp³-hybridized carbons (Fsp3) is 0.333. The number of hydrazine groups is 1. The van der Waals surface area contributed by atoms with Crippen molar-refractivity contribution < 1.29 is 14.3 Å². The second kappa shape index (κ2) is 6.25. The average molecular weight is 348 g/mol. The van der Waals surface area contributed by atoms with Gasteiger partial charge in [-0.05, 0) is 47.0 Å². The molecular formula is C12H12BrClN2O3. The van der Waals surface area contributed by atoms with Crippen LogP contribution in [-0.4, -0.2) is 18.4 Å². The van der Waals surface area contributed by atoms with E-state index in [1.165, 1.54) is 0 Å². The number of hydrogen-bond donors (Lipinski definition) is 2. The van der Waals surface area contributed by atoms with Crippen LogP contribution in [0.1, 0.15) is 12.8 Å². The molecule has 0 saturated heterocycles. The number of rotatable bonds is 4. The first-order chi connectivity index (χ1) is 9.06. The highest BCUT2D eigenvalue weighted by Gasteiger charge is 2.29. The van der Waals surface area contributed by atoms with Gasteiger partial charge in [0, 0.05) is 10.9 Å². The van der Waals surface area contributed by atoms with Gasteiger partial charge < -0.3 is 4.74 Å². The normalized spacial score (nSPS) is 13.8. The molecule has 102 valence electrons. The Kier molecular flexibility index (Phi) is 4.66. The smallest absolute Gasteiger partial charge is 0.276 e. The zero-order chi connectivity index (χ0) is 13.8. The van der Waals surface area contributed by atoms with Crippen LogP contribution in [0.5, 0.6) is 5.75 Å². The SMILES string of the molecule is O=C(COc1ccc(Cl)cc1Br)NNC(=O)C1CC1. The monoisotopic (exact) mass is 346 g/mol. The number of carbonyl (C=O) groups excluding carboxylic acids is 2. The van der Waals surface area contributed by atoms with Gasteiger partial charge in [0.15, 0.2) is 6.61 Å². The Morgan fingerprint density at radius 2 is 2.11 bits per heavy atom. The maximum absolute atomic E-state index is 11.4. The highest BCUT2D eigenvalue weighted by molar-refractivity contribution is 9.10. The summed E-state index contributed by atoms with van der Waals surface area (Å²) in [7, 11) is 0. The van der Waals surface area contributed by atoms with Crippen LogP contribution in [0.2, 0.25) is 5.02 Å². The molecule has 0 aromatic heterocycles. The summed E-state index contributed by atoms with van der Waals surface area (Å²) in [5.74, 6) is -0.0171. The van der Waals surface area contributed by atoms with Crippen molar-refractivity contribution in [1.82, 2.24) is 10.9 Å². The van der Waals surface area contributed by atoms with E-state index >= 15 is 0 Å². The van der Waals surface area contributed by atoms with Crippen molar-refractivity contribution in [1.29, 1.82) is 0 Å². The standard InChI is InChI=1S/C12H12BrClN2O3/c13-9-5-8(14)3-4-10(9)19-6-11(17)15-16-12(18)7-1-2-7/h3-5,7H,1-2,6H2,(H,15,17)(H,16,18). The minimum absolute atomic E-state index is 0.0478. The zero-order valence-electron chi connectivity index (χ0n) is 9.91. The van der Waals surface area contributed by atoms with Gasteiger partial charge >= 0.3 is 0 Å². The third-order valence-electron chi connectivity index (χ3n) is 2.53. The summed E-state index contributed by atoms with van der Waals surface area (Å²) in [5.41, 5.74) is 4.65. The van der Waals surface area contributed by atoms with Crippen LogP contribution in [0.3, 0.4) is 0 Å². The minimum Gasteiger partial charge on any atom is -0.483 e. The van der Waals surface area contributed by atoms with Crippen LogP contribution in [0.4, 0.5) is 0 Å². The van der Waals surface area contributed by atoms with Crippen molar-refractivity contribution in [2.75, 3.05) is 6.61 Å². The van der Waals surface area contributed by atoms with Gasteiger partial charge in [0.05, 0.1) is 4.47 Å². The quantitative estimate of drug-likeness (QED) is 0.819. The third kappa shape index (κ3) is 4.40. The first-order valence-corrected chi connectivity index (χ1v) is 6.90. The van der Waals surface area contributed by atoms with Gasteiger partial charge in [-0.15, -0.1) is 0 Å². The van der Waals surface area contributed by atoms with E-state index in [-0.39, 0.29) is 18.4 Å². The van der Waals surface area contributed by atoms with Crippen LogP contribution in [0.25, 0.3) is 0 Å². The molecule has 1 aromatic rings. The third-order valence-corrected chi connectivity index (χ3v) is 3.38. The van der Waals surface area contributed by atoms with E-state index in [1.54, 1.807) is 18.2 Å². The maximum atomic E-state index is 11.4. The van der Waals surface area contributed by atoms with E-state index in [4.69, 9.17) is 16.3 Å². The van der Waals surface area contributed by atoms with Gasteiger partial charge in [-0.1, -0.05) is 11.6 Å². The minimum atomic E-state index is -0.421. The first kappa shape index (κ1) is 14.1. The molecular weight excluding hydrogens is 336 g/mol. The Bertz CT molecular complexity index is 506. The molecule has 0 spiro atoms. The molecule has 0 unspecified atom stereocenters. The largest absolute Gasteiger partial charge is 0.483 e. The van der Waals surface area contributed by atoms with Crippen molar-refractivity contribution in [2.45, 2.75) is 12.8 Å². The molecule has 1 fully saturated rings. The summed E-state index contributed by atoms with van der Waals surface area (Å²) < 4.78 is 5.95. The van der Waals surface area contributed by atoms with Gasteiger partial charge in [0.2, 0.25) is 5.91 Å². The molecule has 0 radical (unpaired) electrons. The van der Waals surface area contributed by atoms with Gasteiger partial charge in [-0.2, -0.15) is 0 Å². The van der Waals surface area contributed by atoms with Crippen LogP contribution in [0.15, 0.2) is 22.7 Å². The van der Waals surface area contributed by atoms with E-state index in [0.29, 0.717) is 15.2 Å². The molecule has 5 nitrogen and oxygen atoms in total. The summed E-state index contributed by atoms with van der Waals surface area (Å²) in [4.78, 5) is 22.7. The molecule has 1 saturated carbocycles. The summed E-state index contributed by atoms with van der Waals surface area (Å²) in [6.07, 6.45) is 1.77. The molecule has 0 bridgehead atoms.